The van der Waals surface area contributed by atoms with E-state index >= 15 is 0 Å². The van der Waals surface area contributed by atoms with Gasteiger partial charge in [-0.2, -0.15) is 0 Å². The number of anilines is 1. The first kappa shape index (κ1) is 16.7. The van der Waals surface area contributed by atoms with Crippen LogP contribution in [0.3, 0.4) is 0 Å². The van der Waals surface area contributed by atoms with Gasteiger partial charge in [-0.15, -0.1) is 0 Å². The van der Waals surface area contributed by atoms with Crippen molar-refractivity contribution in [2.75, 3.05) is 18.8 Å². The number of nitrogens with two attached hydrogens (primary N) is 1. The first-order chi connectivity index (χ1) is 11.5. The van der Waals surface area contributed by atoms with Crippen molar-refractivity contribution in [2.24, 2.45) is 0 Å². The SMILES string of the molecule is Cc1ccc(N)cc1OC1CCN(C(=O)c2ccccc2Cl)CC1. The second-order valence-corrected chi connectivity index (χ2v) is 6.52. The third kappa shape index (κ3) is 3.65. The smallest absolute Gasteiger partial charge is 0.255 e. The summed E-state index contributed by atoms with van der Waals surface area (Å²) in [6, 6.07) is 12.9. The number of aryl methyl sites for hydroxylation is 1. The highest BCUT2D eigenvalue weighted by Gasteiger charge is 2.26. The second kappa shape index (κ2) is 7.14. The maximum Gasteiger partial charge on any atom is 0.255 e. The predicted octanol–water partition coefficient (Wildman–Crippen LogP) is 3.91. The number of piperidine rings is 1. The molecule has 1 heterocycles. The summed E-state index contributed by atoms with van der Waals surface area (Å²) in [5.41, 5.74) is 8.15. The van der Waals surface area contributed by atoms with E-state index in [9.17, 15) is 4.79 Å². The molecule has 1 amide bonds. The molecular formula is C19H21ClN2O2. The van der Waals surface area contributed by atoms with E-state index in [1.807, 2.05) is 42.2 Å². The molecule has 0 saturated carbocycles. The molecule has 126 valence electrons. The zero-order chi connectivity index (χ0) is 17.1. The number of benzene rings is 2. The summed E-state index contributed by atoms with van der Waals surface area (Å²) in [5, 5.41) is 0.497. The molecule has 24 heavy (non-hydrogen) atoms. The van der Waals surface area contributed by atoms with Gasteiger partial charge in [0.2, 0.25) is 0 Å². The van der Waals surface area contributed by atoms with Crippen LogP contribution >= 0.6 is 11.6 Å². The monoisotopic (exact) mass is 344 g/mol. The Hall–Kier alpha value is -2.20. The molecule has 0 unspecified atom stereocenters. The lowest BCUT2D eigenvalue weighted by Gasteiger charge is -2.32. The fraction of sp³-hybridized carbons (Fsp3) is 0.316. The molecule has 2 aromatic carbocycles. The van der Waals surface area contributed by atoms with Crippen LogP contribution < -0.4 is 10.5 Å². The Balaban J connectivity index is 1.61. The Labute approximate surface area is 147 Å². The van der Waals surface area contributed by atoms with E-state index in [0.29, 0.717) is 29.4 Å². The molecule has 0 radical (unpaired) electrons. The fourth-order valence-electron chi connectivity index (χ4n) is 2.90. The average Bonchev–Trinajstić information content (AvgIpc) is 2.59. The van der Waals surface area contributed by atoms with E-state index in [0.717, 1.165) is 24.2 Å². The molecule has 0 bridgehead atoms. The van der Waals surface area contributed by atoms with Gasteiger partial charge in [-0.05, 0) is 30.7 Å². The van der Waals surface area contributed by atoms with Crippen LogP contribution in [0.15, 0.2) is 42.5 Å². The molecule has 2 aromatic rings. The van der Waals surface area contributed by atoms with Crippen molar-refractivity contribution in [1.29, 1.82) is 0 Å². The van der Waals surface area contributed by atoms with Crippen molar-refractivity contribution in [3.63, 3.8) is 0 Å². The van der Waals surface area contributed by atoms with Gasteiger partial charge in [0.25, 0.3) is 5.91 Å². The van der Waals surface area contributed by atoms with Gasteiger partial charge in [0.15, 0.2) is 0 Å². The number of hydrogen-bond donors (Lipinski definition) is 1. The summed E-state index contributed by atoms with van der Waals surface area (Å²) in [4.78, 5) is 14.4. The van der Waals surface area contributed by atoms with Gasteiger partial charge in [-0.3, -0.25) is 4.79 Å². The van der Waals surface area contributed by atoms with Gasteiger partial charge in [-0.1, -0.05) is 29.8 Å². The van der Waals surface area contributed by atoms with Crippen LogP contribution in [0.2, 0.25) is 5.02 Å². The second-order valence-electron chi connectivity index (χ2n) is 6.11. The van der Waals surface area contributed by atoms with Crippen LogP contribution in [0.4, 0.5) is 5.69 Å². The molecule has 1 saturated heterocycles. The summed E-state index contributed by atoms with van der Waals surface area (Å²) >= 11 is 6.12. The van der Waals surface area contributed by atoms with E-state index in [1.54, 1.807) is 12.1 Å². The van der Waals surface area contributed by atoms with Crippen molar-refractivity contribution in [3.05, 3.63) is 58.6 Å². The first-order valence-electron chi connectivity index (χ1n) is 8.11. The zero-order valence-corrected chi connectivity index (χ0v) is 14.4. The summed E-state index contributed by atoms with van der Waals surface area (Å²) in [7, 11) is 0. The molecule has 0 aromatic heterocycles. The van der Waals surface area contributed by atoms with E-state index in [2.05, 4.69) is 0 Å². The number of nitrogens with zero attached hydrogens (tertiary/aromatic N) is 1. The van der Waals surface area contributed by atoms with Gasteiger partial charge in [0.05, 0.1) is 10.6 Å². The molecule has 0 aliphatic carbocycles. The number of nitrogen functional groups attached to an aromatic ring is 1. The third-order valence-corrected chi connectivity index (χ3v) is 4.67. The number of carbonyl (C=O) groups is 1. The highest BCUT2D eigenvalue weighted by molar-refractivity contribution is 6.33. The Morgan fingerprint density at radius 3 is 2.62 bits per heavy atom. The maximum atomic E-state index is 12.6. The lowest BCUT2D eigenvalue weighted by molar-refractivity contribution is 0.0594. The van der Waals surface area contributed by atoms with Crippen LogP contribution in [-0.2, 0) is 0 Å². The van der Waals surface area contributed by atoms with Crippen molar-refractivity contribution in [3.8, 4) is 5.75 Å². The minimum Gasteiger partial charge on any atom is -0.490 e. The molecule has 3 rings (SSSR count). The van der Waals surface area contributed by atoms with Crippen molar-refractivity contribution >= 4 is 23.2 Å². The predicted molar refractivity (Wildman–Crippen MR) is 96.6 cm³/mol. The van der Waals surface area contributed by atoms with Gasteiger partial charge >= 0.3 is 0 Å². The summed E-state index contributed by atoms with van der Waals surface area (Å²) in [6.07, 6.45) is 1.69. The molecule has 4 nitrogen and oxygen atoms in total. The van der Waals surface area contributed by atoms with Crippen molar-refractivity contribution < 1.29 is 9.53 Å². The fourth-order valence-corrected chi connectivity index (χ4v) is 3.12. The molecule has 1 aliphatic heterocycles. The summed E-state index contributed by atoms with van der Waals surface area (Å²) < 4.78 is 6.08. The van der Waals surface area contributed by atoms with Crippen molar-refractivity contribution in [1.82, 2.24) is 4.90 Å². The molecular weight excluding hydrogens is 324 g/mol. The normalized spacial score (nSPS) is 15.3. The number of likely N-dealkylation sites (tertiary alicyclic amines) is 1. The van der Waals surface area contributed by atoms with Crippen molar-refractivity contribution in [2.45, 2.75) is 25.9 Å². The number of amides is 1. The number of hydrogen-bond acceptors (Lipinski definition) is 3. The molecule has 1 fully saturated rings. The van der Waals surface area contributed by atoms with E-state index in [-0.39, 0.29) is 12.0 Å². The highest BCUT2D eigenvalue weighted by atomic mass is 35.5. The first-order valence-corrected chi connectivity index (χ1v) is 8.49. The maximum absolute atomic E-state index is 12.6. The summed E-state index contributed by atoms with van der Waals surface area (Å²) in [5.74, 6) is 0.810. The standard InChI is InChI=1S/C19H21ClN2O2/c1-13-6-7-14(21)12-18(13)24-15-8-10-22(11-9-15)19(23)16-4-2-3-5-17(16)20/h2-7,12,15H,8-11,21H2,1H3. The lowest BCUT2D eigenvalue weighted by Crippen LogP contribution is -2.41. The number of carbonyl (C=O) groups excluding carboxylic acids is 1. The Bertz CT molecular complexity index is 740. The quantitative estimate of drug-likeness (QED) is 0.859. The summed E-state index contributed by atoms with van der Waals surface area (Å²) in [6.45, 7) is 3.33. The zero-order valence-electron chi connectivity index (χ0n) is 13.7. The van der Waals surface area contributed by atoms with Crippen LogP contribution in [-0.4, -0.2) is 30.0 Å². The minimum absolute atomic E-state index is 0.0146. The Morgan fingerprint density at radius 1 is 1.21 bits per heavy atom. The minimum atomic E-state index is -0.0146. The van der Waals surface area contributed by atoms with Gasteiger partial charge in [0.1, 0.15) is 11.9 Å². The number of halogens is 1. The average molecular weight is 345 g/mol. The number of ether oxygens (including phenoxy) is 1. The van der Waals surface area contributed by atoms with E-state index < -0.39 is 0 Å². The van der Waals surface area contributed by atoms with Gasteiger partial charge < -0.3 is 15.4 Å². The number of rotatable bonds is 3. The van der Waals surface area contributed by atoms with E-state index in [1.165, 1.54) is 0 Å². The molecule has 0 atom stereocenters. The third-order valence-electron chi connectivity index (χ3n) is 4.34. The topological polar surface area (TPSA) is 55.6 Å². The van der Waals surface area contributed by atoms with Crippen LogP contribution in [0.1, 0.15) is 28.8 Å². The Kier molecular flexibility index (Phi) is 4.95. The largest absolute Gasteiger partial charge is 0.490 e. The molecule has 2 N–H and O–H groups in total. The molecule has 1 aliphatic rings. The Morgan fingerprint density at radius 2 is 1.92 bits per heavy atom. The van der Waals surface area contributed by atoms with Crippen LogP contribution in [0.25, 0.3) is 0 Å². The molecule has 5 heteroatoms. The van der Waals surface area contributed by atoms with Gasteiger partial charge in [-0.25, -0.2) is 0 Å². The molecule has 0 spiro atoms. The van der Waals surface area contributed by atoms with Crippen LogP contribution in [0.5, 0.6) is 5.75 Å². The van der Waals surface area contributed by atoms with E-state index in [4.69, 9.17) is 22.1 Å². The lowest BCUT2D eigenvalue weighted by atomic mass is 10.1. The van der Waals surface area contributed by atoms with Gasteiger partial charge in [0, 0.05) is 37.7 Å². The highest BCUT2D eigenvalue weighted by Crippen LogP contribution is 2.26. The van der Waals surface area contributed by atoms with Crippen LogP contribution in [0, 0.1) is 6.92 Å².